The van der Waals surface area contributed by atoms with Gasteiger partial charge in [-0.05, 0) is 34.6 Å². The summed E-state index contributed by atoms with van der Waals surface area (Å²) in [4.78, 5) is 12.1. The number of benzene rings is 2. The molecule has 0 saturated heterocycles. The van der Waals surface area contributed by atoms with E-state index in [1.807, 2.05) is 0 Å². The Bertz CT molecular complexity index is 742. The molecule has 0 spiro atoms. The van der Waals surface area contributed by atoms with Gasteiger partial charge >= 0.3 is 0 Å². The van der Waals surface area contributed by atoms with Crippen LogP contribution in [0.4, 0.5) is 0 Å². The molecular formula is C22H26N2O2. The van der Waals surface area contributed by atoms with Crippen LogP contribution in [0.25, 0.3) is 0 Å². The van der Waals surface area contributed by atoms with Gasteiger partial charge in [0.05, 0.1) is 13.2 Å². The van der Waals surface area contributed by atoms with Gasteiger partial charge in [-0.3, -0.25) is 4.79 Å². The zero-order chi connectivity index (χ0) is 17.9. The zero-order valence-electron chi connectivity index (χ0n) is 15.2. The van der Waals surface area contributed by atoms with Crippen LogP contribution in [0.1, 0.15) is 40.5 Å². The molecule has 2 bridgehead atoms. The van der Waals surface area contributed by atoms with E-state index in [1.165, 1.54) is 22.3 Å². The molecule has 1 atom stereocenters. The number of methoxy groups -OCH3 is 1. The van der Waals surface area contributed by atoms with Crippen LogP contribution in [0, 0.1) is 5.92 Å². The Morgan fingerprint density at radius 1 is 1.04 bits per heavy atom. The highest BCUT2D eigenvalue weighted by Gasteiger charge is 2.42. The summed E-state index contributed by atoms with van der Waals surface area (Å²) in [5.74, 6) is 1.35. The molecule has 26 heavy (non-hydrogen) atoms. The van der Waals surface area contributed by atoms with Gasteiger partial charge in [0.2, 0.25) is 5.91 Å². The van der Waals surface area contributed by atoms with E-state index in [9.17, 15) is 4.79 Å². The van der Waals surface area contributed by atoms with Crippen LogP contribution in [0.3, 0.4) is 0 Å². The van der Waals surface area contributed by atoms with Gasteiger partial charge in [-0.15, -0.1) is 0 Å². The molecule has 0 radical (unpaired) electrons. The number of hydrogen-bond acceptors (Lipinski definition) is 3. The van der Waals surface area contributed by atoms with Gasteiger partial charge in [0.15, 0.2) is 0 Å². The lowest BCUT2D eigenvalue weighted by molar-refractivity contribution is -0.120. The molecule has 0 saturated carbocycles. The molecule has 0 aromatic heterocycles. The number of fused-ring (bicyclic) bond motifs is 1. The average molecular weight is 350 g/mol. The van der Waals surface area contributed by atoms with E-state index in [1.54, 1.807) is 7.11 Å². The molecule has 0 fully saturated rings. The first kappa shape index (κ1) is 17.3. The fraction of sp³-hybridized carbons (Fsp3) is 0.409. The van der Waals surface area contributed by atoms with Crippen molar-refractivity contribution in [2.45, 2.75) is 18.3 Å². The van der Waals surface area contributed by atoms with Crippen molar-refractivity contribution >= 4 is 5.91 Å². The summed E-state index contributed by atoms with van der Waals surface area (Å²) >= 11 is 0. The highest BCUT2D eigenvalue weighted by atomic mass is 16.5. The molecule has 0 aliphatic heterocycles. The topological polar surface area (TPSA) is 50.4 Å². The van der Waals surface area contributed by atoms with Crippen LogP contribution in [-0.2, 0) is 9.53 Å². The third-order valence-electron chi connectivity index (χ3n) is 5.75. The highest BCUT2D eigenvalue weighted by Crippen LogP contribution is 2.54. The molecule has 5 rings (SSSR count). The zero-order valence-corrected chi connectivity index (χ0v) is 15.2. The first-order chi connectivity index (χ1) is 12.8. The molecule has 4 nitrogen and oxygen atoms in total. The fourth-order valence-corrected chi connectivity index (χ4v) is 4.64. The van der Waals surface area contributed by atoms with E-state index in [-0.39, 0.29) is 5.91 Å². The second kappa shape index (κ2) is 7.60. The minimum atomic E-state index is 0.0594. The number of rotatable bonds is 7. The minimum absolute atomic E-state index is 0.0594. The highest BCUT2D eigenvalue weighted by molar-refractivity contribution is 5.78. The Kier molecular flexibility index (Phi) is 5.05. The van der Waals surface area contributed by atoms with Crippen LogP contribution in [0.15, 0.2) is 48.5 Å². The normalized spacial score (nSPS) is 22.6. The van der Waals surface area contributed by atoms with Gasteiger partial charge in [-0.25, -0.2) is 0 Å². The van der Waals surface area contributed by atoms with Crippen molar-refractivity contribution in [2.24, 2.45) is 5.92 Å². The van der Waals surface area contributed by atoms with E-state index >= 15 is 0 Å². The van der Waals surface area contributed by atoms with Crippen molar-refractivity contribution in [3.05, 3.63) is 70.8 Å². The Balaban J connectivity index is 1.47. The molecular weight excluding hydrogens is 324 g/mol. The Labute approximate surface area is 155 Å². The number of nitrogens with one attached hydrogen (secondary N) is 2. The summed E-state index contributed by atoms with van der Waals surface area (Å²) in [5, 5.41) is 6.24. The maximum atomic E-state index is 12.1. The van der Waals surface area contributed by atoms with Crippen molar-refractivity contribution in [3.8, 4) is 0 Å². The number of carbonyl (C=O) groups excluding carboxylic acids is 1. The first-order valence-electron chi connectivity index (χ1n) is 9.43. The first-order valence-corrected chi connectivity index (χ1v) is 9.43. The van der Waals surface area contributed by atoms with Gasteiger partial charge in [-0.2, -0.15) is 0 Å². The van der Waals surface area contributed by atoms with Crippen molar-refractivity contribution in [1.82, 2.24) is 10.6 Å². The van der Waals surface area contributed by atoms with Crippen LogP contribution in [0.2, 0.25) is 0 Å². The number of ether oxygens (including phenoxy) is 1. The van der Waals surface area contributed by atoms with Gasteiger partial charge < -0.3 is 15.4 Å². The van der Waals surface area contributed by atoms with Crippen molar-refractivity contribution < 1.29 is 9.53 Å². The predicted molar refractivity (Wildman–Crippen MR) is 102 cm³/mol. The third kappa shape index (κ3) is 3.15. The summed E-state index contributed by atoms with van der Waals surface area (Å²) in [7, 11) is 1.66. The molecule has 3 aliphatic carbocycles. The molecule has 1 unspecified atom stereocenters. The molecule has 2 aromatic rings. The van der Waals surface area contributed by atoms with E-state index in [2.05, 4.69) is 59.2 Å². The van der Waals surface area contributed by atoms with Gasteiger partial charge in [-0.1, -0.05) is 48.5 Å². The average Bonchev–Trinajstić information content (AvgIpc) is 2.70. The number of hydrogen-bond donors (Lipinski definition) is 2. The standard InChI is InChI=1S/C22H26N2O2/c1-26-11-10-23-14-21(25)24-13-15-12-20-16-6-2-4-8-18(16)22(15)19-9-5-3-7-17(19)20/h2-9,15,20,22-23H,10-14H2,1H3,(H,24,25). The third-order valence-corrected chi connectivity index (χ3v) is 5.75. The Morgan fingerprint density at radius 3 is 2.27 bits per heavy atom. The summed E-state index contributed by atoms with van der Waals surface area (Å²) in [5.41, 5.74) is 5.83. The minimum Gasteiger partial charge on any atom is -0.383 e. The summed E-state index contributed by atoms with van der Waals surface area (Å²) in [6.45, 7) is 2.39. The smallest absolute Gasteiger partial charge is 0.233 e. The molecule has 4 heteroatoms. The summed E-state index contributed by atoms with van der Waals surface area (Å²) in [6.07, 6.45) is 1.11. The molecule has 136 valence electrons. The van der Waals surface area contributed by atoms with Gasteiger partial charge in [0.25, 0.3) is 0 Å². The second-order valence-electron chi connectivity index (χ2n) is 7.26. The summed E-state index contributed by atoms with van der Waals surface area (Å²) in [6, 6.07) is 17.6. The van der Waals surface area contributed by atoms with E-state index in [0.29, 0.717) is 37.5 Å². The number of amides is 1. The van der Waals surface area contributed by atoms with E-state index in [0.717, 1.165) is 13.0 Å². The molecule has 0 heterocycles. The lowest BCUT2D eigenvalue weighted by Gasteiger charge is -2.45. The van der Waals surface area contributed by atoms with Crippen molar-refractivity contribution in [2.75, 3.05) is 33.4 Å². The quantitative estimate of drug-likeness (QED) is 0.755. The molecule has 1 amide bonds. The van der Waals surface area contributed by atoms with Crippen LogP contribution >= 0.6 is 0 Å². The van der Waals surface area contributed by atoms with Gasteiger partial charge in [0.1, 0.15) is 0 Å². The Morgan fingerprint density at radius 2 is 1.65 bits per heavy atom. The molecule has 2 aromatic carbocycles. The van der Waals surface area contributed by atoms with Crippen molar-refractivity contribution in [3.63, 3.8) is 0 Å². The maximum absolute atomic E-state index is 12.1. The predicted octanol–water partition coefficient (Wildman–Crippen LogP) is 2.64. The van der Waals surface area contributed by atoms with Crippen LogP contribution < -0.4 is 10.6 Å². The van der Waals surface area contributed by atoms with E-state index < -0.39 is 0 Å². The lowest BCUT2D eigenvalue weighted by Crippen LogP contribution is -2.42. The van der Waals surface area contributed by atoms with Gasteiger partial charge in [0, 0.05) is 32.0 Å². The largest absolute Gasteiger partial charge is 0.383 e. The summed E-state index contributed by atoms with van der Waals surface area (Å²) < 4.78 is 4.98. The lowest BCUT2D eigenvalue weighted by atomic mass is 9.59. The number of carbonyl (C=O) groups is 1. The fourth-order valence-electron chi connectivity index (χ4n) is 4.64. The monoisotopic (exact) mass is 350 g/mol. The van der Waals surface area contributed by atoms with E-state index in [4.69, 9.17) is 4.74 Å². The van der Waals surface area contributed by atoms with Crippen molar-refractivity contribution in [1.29, 1.82) is 0 Å². The Hall–Kier alpha value is -2.17. The maximum Gasteiger partial charge on any atom is 0.233 e. The van der Waals surface area contributed by atoms with Crippen LogP contribution in [0.5, 0.6) is 0 Å². The SMILES string of the molecule is COCCNCC(=O)NCC1CC2c3ccccc3C1c1ccccc12. The molecule has 3 aliphatic rings. The molecule has 2 N–H and O–H groups in total. The van der Waals surface area contributed by atoms with Crippen LogP contribution in [-0.4, -0.2) is 39.3 Å². The second-order valence-corrected chi connectivity index (χ2v) is 7.26.